The summed E-state index contributed by atoms with van der Waals surface area (Å²) < 4.78 is 6.01. The summed E-state index contributed by atoms with van der Waals surface area (Å²) in [5.74, 6) is -0.0158. The molecular formula is C24H23NO3S. The lowest BCUT2D eigenvalue weighted by Crippen LogP contribution is -2.14. The molecule has 0 saturated carbocycles. The molecule has 29 heavy (non-hydrogen) atoms. The monoisotopic (exact) mass is 405 g/mol. The molecule has 3 aromatic rings. The van der Waals surface area contributed by atoms with E-state index in [1.54, 1.807) is 11.3 Å². The first kappa shape index (κ1) is 19.4. The largest absolute Gasteiger partial charge is 0.488 e. The molecule has 0 saturated heterocycles. The van der Waals surface area contributed by atoms with Crippen molar-refractivity contribution in [2.24, 2.45) is 0 Å². The minimum atomic E-state index is -0.827. The van der Waals surface area contributed by atoms with Crippen LogP contribution in [0, 0.1) is 0 Å². The van der Waals surface area contributed by atoms with Gasteiger partial charge in [0.25, 0.3) is 0 Å². The van der Waals surface area contributed by atoms with Crippen LogP contribution in [0.3, 0.4) is 0 Å². The molecule has 0 amide bonds. The summed E-state index contributed by atoms with van der Waals surface area (Å²) in [7, 11) is 0. The SMILES string of the molecule is O=C(O)Cc1ccc2c(c1)C(=CCCNCc1ccccc1)c1sccc1CO2. The van der Waals surface area contributed by atoms with E-state index >= 15 is 0 Å². The number of ether oxygens (including phenoxy) is 1. The minimum absolute atomic E-state index is 0.0104. The minimum Gasteiger partial charge on any atom is -0.488 e. The zero-order chi connectivity index (χ0) is 20.1. The highest BCUT2D eigenvalue weighted by molar-refractivity contribution is 7.11. The Morgan fingerprint density at radius 2 is 2.00 bits per heavy atom. The highest BCUT2D eigenvalue weighted by atomic mass is 32.1. The third kappa shape index (κ3) is 4.75. The van der Waals surface area contributed by atoms with Gasteiger partial charge in [0, 0.05) is 22.5 Å². The second-order valence-electron chi connectivity index (χ2n) is 7.03. The van der Waals surface area contributed by atoms with E-state index in [2.05, 4.69) is 47.1 Å². The van der Waals surface area contributed by atoms with Gasteiger partial charge in [-0.15, -0.1) is 11.3 Å². The average Bonchev–Trinajstić information content (AvgIpc) is 3.13. The van der Waals surface area contributed by atoms with E-state index in [9.17, 15) is 4.79 Å². The van der Waals surface area contributed by atoms with E-state index in [0.29, 0.717) is 6.61 Å². The molecule has 0 aliphatic carbocycles. The molecule has 0 atom stereocenters. The van der Waals surface area contributed by atoms with Gasteiger partial charge in [0.1, 0.15) is 12.4 Å². The molecule has 2 heterocycles. The highest BCUT2D eigenvalue weighted by Gasteiger charge is 2.21. The predicted octanol–water partition coefficient (Wildman–Crippen LogP) is 4.88. The summed E-state index contributed by atoms with van der Waals surface area (Å²) in [6, 6.07) is 18.2. The molecule has 1 aliphatic rings. The normalized spacial score (nSPS) is 14.0. The fourth-order valence-corrected chi connectivity index (χ4v) is 4.48. The molecule has 0 bridgehead atoms. The van der Waals surface area contributed by atoms with Gasteiger partial charge in [0.2, 0.25) is 0 Å². The van der Waals surface area contributed by atoms with Crippen LogP contribution in [-0.2, 0) is 24.4 Å². The molecule has 0 spiro atoms. The van der Waals surface area contributed by atoms with Crippen LogP contribution >= 0.6 is 11.3 Å². The van der Waals surface area contributed by atoms with Gasteiger partial charge in [0.05, 0.1) is 6.42 Å². The van der Waals surface area contributed by atoms with Crippen molar-refractivity contribution in [1.82, 2.24) is 5.32 Å². The first-order valence-corrected chi connectivity index (χ1v) is 10.6. The van der Waals surface area contributed by atoms with Crippen molar-refractivity contribution >= 4 is 22.9 Å². The number of carboxylic acids is 1. The molecule has 1 aliphatic heterocycles. The van der Waals surface area contributed by atoms with E-state index < -0.39 is 5.97 Å². The Morgan fingerprint density at radius 3 is 2.83 bits per heavy atom. The lowest BCUT2D eigenvalue weighted by Gasteiger charge is -2.11. The van der Waals surface area contributed by atoms with Gasteiger partial charge in [-0.3, -0.25) is 4.79 Å². The molecule has 2 aromatic carbocycles. The van der Waals surface area contributed by atoms with Crippen molar-refractivity contribution in [3.63, 3.8) is 0 Å². The number of hydrogen-bond acceptors (Lipinski definition) is 4. The Morgan fingerprint density at radius 1 is 1.14 bits per heavy atom. The molecule has 148 valence electrons. The number of fused-ring (bicyclic) bond motifs is 2. The number of rotatable bonds is 7. The fourth-order valence-electron chi connectivity index (χ4n) is 3.51. The first-order chi connectivity index (χ1) is 14.2. The van der Waals surface area contributed by atoms with E-state index in [4.69, 9.17) is 9.84 Å². The summed E-state index contributed by atoms with van der Waals surface area (Å²) in [6.45, 7) is 2.24. The van der Waals surface area contributed by atoms with Crippen LogP contribution < -0.4 is 10.1 Å². The van der Waals surface area contributed by atoms with Gasteiger partial charge < -0.3 is 15.2 Å². The second-order valence-corrected chi connectivity index (χ2v) is 7.95. The molecular weight excluding hydrogens is 382 g/mol. The van der Waals surface area contributed by atoms with Crippen LogP contribution in [0.1, 0.15) is 33.6 Å². The molecule has 0 radical (unpaired) electrons. The quantitative estimate of drug-likeness (QED) is 0.550. The van der Waals surface area contributed by atoms with Gasteiger partial charge >= 0.3 is 5.97 Å². The molecule has 1 aromatic heterocycles. The third-order valence-electron chi connectivity index (χ3n) is 4.91. The zero-order valence-corrected chi connectivity index (χ0v) is 16.9. The molecule has 4 rings (SSSR count). The molecule has 5 heteroatoms. The molecule has 0 unspecified atom stereocenters. The maximum atomic E-state index is 11.2. The summed E-state index contributed by atoms with van der Waals surface area (Å²) in [5.41, 5.74) is 5.35. The van der Waals surface area contributed by atoms with Gasteiger partial charge in [-0.1, -0.05) is 42.5 Å². The Labute approximate surface area is 174 Å². The lowest BCUT2D eigenvalue weighted by molar-refractivity contribution is -0.136. The molecule has 4 nitrogen and oxygen atoms in total. The standard InChI is InChI=1S/C24H23NO3S/c26-23(27)14-18-8-9-22-21(13-18)20(24-19(16-28-22)10-12-29-24)7-4-11-25-15-17-5-2-1-3-6-17/h1-3,5-10,12-13,25H,4,11,14-16H2,(H,26,27). The number of carbonyl (C=O) groups is 1. The number of hydrogen-bond donors (Lipinski definition) is 2. The van der Waals surface area contributed by atoms with E-state index in [0.717, 1.165) is 42.0 Å². The maximum absolute atomic E-state index is 11.2. The van der Waals surface area contributed by atoms with Crippen LogP contribution in [-0.4, -0.2) is 17.6 Å². The van der Waals surface area contributed by atoms with Crippen LogP contribution in [0.25, 0.3) is 5.57 Å². The van der Waals surface area contributed by atoms with Crippen molar-refractivity contribution in [1.29, 1.82) is 0 Å². The van der Waals surface area contributed by atoms with Gasteiger partial charge in [0.15, 0.2) is 0 Å². The van der Waals surface area contributed by atoms with Crippen molar-refractivity contribution in [3.8, 4) is 5.75 Å². The highest BCUT2D eigenvalue weighted by Crippen LogP contribution is 2.40. The topological polar surface area (TPSA) is 58.6 Å². The molecule has 0 fully saturated rings. The Bertz CT molecular complexity index is 1020. The van der Waals surface area contributed by atoms with Crippen LogP contribution in [0.4, 0.5) is 0 Å². The number of carboxylic acid groups (broad SMARTS) is 1. The summed E-state index contributed by atoms with van der Waals surface area (Å²) in [4.78, 5) is 12.4. The van der Waals surface area contributed by atoms with Crippen LogP contribution in [0.15, 0.2) is 66.1 Å². The first-order valence-electron chi connectivity index (χ1n) is 9.70. The lowest BCUT2D eigenvalue weighted by atomic mass is 9.97. The zero-order valence-electron chi connectivity index (χ0n) is 16.1. The smallest absolute Gasteiger partial charge is 0.307 e. The Hall–Kier alpha value is -2.89. The number of aliphatic carboxylic acids is 1. The third-order valence-corrected chi connectivity index (χ3v) is 5.90. The van der Waals surface area contributed by atoms with Crippen LogP contribution in [0.2, 0.25) is 0 Å². The van der Waals surface area contributed by atoms with Gasteiger partial charge in [-0.2, -0.15) is 0 Å². The number of benzene rings is 2. The summed E-state index contributed by atoms with van der Waals surface area (Å²) >= 11 is 1.71. The van der Waals surface area contributed by atoms with Crippen molar-refractivity contribution in [3.05, 3.63) is 93.2 Å². The predicted molar refractivity (Wildman–Crippen MR) is 116 cm³/mol. The fraction of sp³-hybridized carbons (Fsp3) is 0.208. The van der Waals surface area contributed by atoms with Crippen molar-refractivity contribution in [2.45, 2.75) is 26.0 Å². The number of thiophene rings is 1. The Kier molecular flexibility index (Phi) is 6.08. The summed E-state index contributed by atoms with van der Waals surface area (Å²) in [6.07, 6.45) is 3.13. The van der Waals surface area contributed by atoms with Gasteiger partial charge in [-0.25, -0.2) is 0 Å². The van der Waals surface area contributed by atoms with E-state index in [1.807, 2.05) is 24.3 Å². The Balaban J connectivity index is 1.55. The van der Waals surface area contributed by atoms with Gasteiger partial charge in [-0.05, 0) is 53.2 Å². The van der Waals surface area contributed by atoms with E-state index in [-0.39, 0.29) is 6.42 Å². The molecule has 2 N–H and O–H groups in total. The average molecular weight is 406 g/mol. The van der Waals surface area contributed by atoms with E-state index in [1.165, 1.54) is 16.0 Å². The second kappa shape index (κ2) is 9.07. The van der Waals surface area contributed by atoms with Crippen molar-refractivity contribution in [2.75, 3.05) is 6.54 Å². The van der Waals surface area contributed by atoms with Crippen LogP contribution in [0.5, 0.6) is 5.75 Å². The number of nitrogens with one attached hydrogen (secondary N) is 1. The summed E-state index contributed by atoms with van der Waals surface area (Å²) in [5, 5.41) is 14.7. The van der Waals surface area contributed by atoms with Crippen molar-refractivity contribution < 1.29 is 14.6 Å². The maximum Gasteiger partial charge on any atom is 0.307 e.